The number of aromatic nitrogens is 1. The number of hydrogen-bond acceptors (Lipinski definition) is 1. The molecule has 1 aromatic heterocycles. The summed E-state index contributed by atoms with van der Waals surface area (Å²) in [6.45, 7) is 1.92. The molecule has 0 atom stereocenters. The van der Waals surface area contributed by atoms with Crippen molar-refractivity contribution in [3.05, 3.63) is 70.3 Å². The van der Waals surface area contributed by atoms with E-state index in [0.717, 1.165) is 34.9 Å². The molecule has 1 amide bonds. The highest BCUT2D eigenvalue weighted by Crippen LogP contribution is 2.22. The number of carbonyl (C=O) groups excluding carboxylic acids is 1. The molecule has 0 aliphatic carbocycles. The normalized spacial score (nSPS) is 14.0. The largest absolute Gasteiger partial charge is 0.338 e. The van der Waals surface area contributed by atoms with E-state index in [4.69, 9.17) is 0 Å². The van der Waals surface area contributed by atoms with E-state index in [-0.39, 0.29) is 5.91 Å². The van der Waals surface area contributed by atoms with Crippen molar-refractivity contribution in [2.45, 2.75) is 19.5 Å². The third-order valence-electron chi connectivity index (χ3n) is 4.52. The lowest BCUT2D eigenvalue weighted by molar-refractivity contribution is -0.132. The molecule has 0 saturated carbocycles. The van der Waals surface area contributed by atoms with Gasteiger partial charge in [0.05, 0.1) is 0 Å². The van der Waals surface area contributed by atoms with Gasteiger partial charge in [0, 0.05) is 34.7 Å². The number of carbonyl (C=O) groups is 1. The van der Waals surface area contributed by atoms with E-state index in [1.54, 1.807) is 0 Å². The predicted molar refractivity (Wildman–Crippen MR) is 95.2 cm³/mol. The average Bonchev–Trinajstić information content (AvgIpc) is 2.96. The van der Waals surface area contributed by atoms with Gasteiger partial charge in [0.15, 0.2) is 0 Å². The monoisotopic (exact) mass is 368 g/mol. The van der Waals surface area contributed by atoms with Crippen molar-refractivity contribution in [2.24, 2.45) is 0 Å². The van der Waals surface area contributed by atoms with E-state index in [0.29, 0.717) is 6.54 Å². The summed E-state index contributed by atoms with van der Waals surface area (Å²) in [7, 11) is 0. The van der Waals surface area contributed by atoms with Gasteiger partial charge in [-0.25, -0.2) is 0 Å². The van der Waals surface area contributed by atoms with Crippen molar-refractivity contribution in [3.63, 3.8) is 0 Å². The van der Waals surface area contributed by atoms with Crippen LogP contribution in [0, 0.1) is 0 Å². The van der Waals surface area contributed by atoms with E-state index >= 15 is 0 Å². The molecule has 2 heterocycles. The summed E-state index contributed by atoms with van der Waals surface area (Å²) in [4.78, 5) is 14.6. The van der Waals surface area contributed by atoms with Crippen LogP contribution in [0.15, 0.2) is 59.2 Å². The van der Waals surface area contributed by atoms with Gasteiger partial charge in [-0.2, -0.15) is 0 Å². The zero-order valence-electron chi connectivity index (χ0n) is 12.7. The first kappa shape index (κ1) is 14.5. The van der Waals surface area contributed by atoms with E-state index in [1.807, 2.05) is 27.8 Å². The Morgan fingerprint density at radius 3 is 2.78 bits per heavy atom. The van der Waals surface area contributed by atoms with Gasteiger partial charge in [-0.05, 0) is 41.8 Å². The Labute approximate surface area is 143 Å². The molecule has 1 aliphatic heterocycles. The van der Waals surface area contributed by atoms with Crippen LogP contribution in [0.2, 0.25) is 0 Å². The first-order valence-electron chi connectivity index (χ1n) is 7.80. The van der Waals surface area contributed by atoms with Crippen LogP contribution in [0.3, 0.4) is 0 Å². The molecule has 0 bridgehead atoms. The number of benzene rings is 2. The lowest BCUT2D eigenvalue weighted by Crippen LogP contribution is -2.37. The van der Waals surface area contributed by atoms with Gasteiger partial charge < -0.3 is 9.47 Å². The zero-order valence-corrected chi connectivity index (χ0v) is 14.3. The Hall–Kier alpha value is -2.07. The molecule has 0 unspecified atom stereocenters. The molecule has 0 spiro atoms. The van der Waals surface area contributed by atoms with E-state index in [9.17, 15) is 4.79 Å². The van der Waals surface area contributed by atoms with Crippen molar-refractivity contribution in [3.8, 4) is 0 Å². The highest BCUT2D eigenvalue weighted by molar-refractivity contribution is 9.10. The number of amides is 1. The van der Waals surface area contributed by atoms with Gasteiger partial charge in [0.25, 0.3) is 0 Å². The second kappa shape index (κ2) is 5.85. The van der Waals surface area contributed by atoms with E-state index in [2.05, 4.69) is 52.3 Å². The Bertz CT molecular complexity index is 884. The van der Waals surface area contributed by atoms with Crippen LogP contribution in [-0.4, -0.2) is 21.9 Å². The first-order chi connectivity index (χ1) is 11.2. The van der Waals surface area contributed by atoms with Gasteiger partial charge in [0.1, 0.15) is 6.54 Å². The van der Waals surface area contributed by atoms with E-state index in [1.165, 1.54) is 11.1 Å². The summed E-state index contributed by atoms with van der Waals surface area (Å²) in [5.74, 6) is 0.180. The minimum Gasteiger partial charge on any atom is -0.338 e. The van der Waals surface area contributed by atoms with Crippen LogP contribution in [-0.2, 0) is 24.3 Å². The van der Waals surface area contributed by atoms with Gasteiger partial charge in [-0.15, -0.1) is 0 Å². The summed E-state index contributed by atoms with van der Waals surface area (Å²) in [5.41, 5.74) is 3.74. The molecule has 0 fully saturated rings. The van der Waals surface area contributed by atoms with Crippen molar-refractivity contribution in [1.29, 1.82) is 0 Å². The fourth-order valence-electron chi connectivity index (χ4n) is 3.26. The molecular weight excluding hydrogens is 352 g/mol. The van der Waals surface area contributed by atoms with Gasteiger partial charge in [0.2, 0.25) is 5.91 Å². The van der Waals surface area contributed by atoms with E-state index < -0.39 is 0 Å². The van der Waals surface area contributed by atoms with Crippen molar-refractivity contribution < 1.29 is 4.79 Å². The molecule has 4 rings (SSSR count). The predicted octanol–water partition coefficient (Wildman–Crippen LogP) is 3.99. The van der Waals surface area contributed by atoms with Crippen LogP contribution in [0.1, 0.15) is 11.1 Å². The summed E-state index contributed by atoms with van der Waals surface area (Å²) >= 11 is 3.49. The highest BCUT2D eigenvalue weighted by Gasteiger charge is 2.20. The highest BCUT2D eigenvalue weighted by atomic mass is 79.9. The number of halogens is 1. The smallest absolute Gasteiger partial charge is 0.242 e. The fraction of sp³-hybridized carbons (Fsp3) is 0.211. The van der Waals surface area contributed by atoms with Gasteiger partial charge >= 0.3 is 0 Å². The molecule has 0 saturated heterocycles. The summed E-state index contributed by atoms with van der Waals surface area (Å²) in [6, 6.07) is 16.6. The topological polar surface area (TPSA) is 25.2 Å². The standard InChI is InChI=1S/C19H17BrN2O/c20-17-5-6-18-15(11-17)8-9-21(18)13-19(23)22-10-7-14-3-1-2-4-16(14)12-22/h1-6,8-9,11H,7,10,12-13H2. The molecular formula is C19H17BrN2O. The van der Waals surface area contributed by atoms with Crippen molar-refractivity contribution in [1.82, 2.24) is 9.47 Å². The Morgan fingerprint density at radius 2 is 1.91 bits per heavy atom. The maximum absolute atomic E-state index is 12.7. The van der Waals surface area contributed by atoms with Crippen LogP contribution < -0.4 is 0 Å². The minimum absolute atomic E-state index is 0.180. The van der Waals surface area contributed by atoms with Gasteiger partial charge in [-0.3, -0.25) is 4.79 Å². The lowest BCUT2D eigenvalue weighted by atomic mass is 10.00. The van der Waals surface area contributed by atoms with Crippen LogP contribution in [0.5, 0.6) is 0 Å². The molecule has 3 nitrogen and oxygen atoms in total. The summed E-state index contributed by atoms with van der Waals surface area (Å²) < 4.78 is 3.09. The first-order valence-corrected chi connectivity index (χ1v) is 8.59. The molecule has 4 heteroatoms. The molecule has 1 aliphatic rings. The zero-order chi connectivity index (χ0) is 15.8. The molecule has 0 N–H and O–H groups in total. The summed E-state index contributed by atoms with van der Waals surface area (Å²) in [6.07, 6.45) is 2.94. The van der Waals surface area contributed by atoms with Crippen LogP contribution in [0.25, 0.3) is 10.9 Å². The van der Waals surface area contributed by atoms with Crippen LogP contribution >= 0.6 is 15.9 Å². The third kappa shape index (κ3) is 2.79. The van der Waals surface area contributed by atoms with Crippen LogP contribution in [0.4, 0.5) is 0 Å². The molecule has 3 aromatic rings. The maximum Gasteiger partial charge on any atom is 0.242 e. The second-order valence-corrected chi connectivity index (χ2v) is 6.90. The Morgan fingerprint density at radius 1 is 1.09 bits per heavy atom. The molecule has 2 aromatic carbocycles. The number of nitrogens with zero attached hydrogens (tertiary/aromatic N) is 2. The molecule has 0 radical (unpaired) electrons. The Balaban J connectivity index is 1.54. The number of hydrogen-bond donors (Lipinski definition) is 0. The van der Waals surface area contributed by atoms with Crippen molar-refractivity contribution in [2.75, 3.05) is 6.54 Å². The van der Waals surface area contributed by atoms with Crippen molar-refractivity contribution >= 4 is 32.7 Å². The average molecular weight is 369 g/mol. The van der Waals surface area contributed by atoms with Gasteiger partial charge in [-0.1, -0.05) is 40.2 Å². The molecule has 23 heavy (non-hydrogen) atoms. The number of fused-ring (bicyclic) bond motifs is 2. The fourth-order valence-corrected chi connectivity index (χ4v) is 3.64. The molecule has 116 valence electrons. The quantitative estimate of drug-likeness (QED) is 0.671. The SMILES string of the molecule is O=C(Cn1ccc2cc(Br)ccc21)N1CCc2ccccc2C1. The lowest BCUT2D eigenvalue weighted by Gasteiger charge is -2.29. The maximum atomic E-state index is 12.7. The third-order valence-corrected chi connectivity index (χ3v) is 5.02. The Kier molecular flexibility index (Phi) is 3.69. The number of rotatable bonds is 2. The second-order valence-electron chi connectivity index (χ2n) is 5.98. The minimum atomic E-state index is 0.180. The summed E-state index contributed by atoms with van der Waals surface area (Å²) in [5, 5.41) is 1.15.